The monoisotopic (exact) mass is 496 g/mol. The number of hydrogen-bond acceptors (Lipinski definition) is 8. The summed E-state index contributed by atoms with van der Waals surface area (Å²) in [5.74, 6) is 3.18. The molecule has 37 heavy (non-hydrogen) atoms. The summed E-state index contributed by atoms with van der Waals surface area (Å²) in [7, 11) is 3.20. The lowest BCUT2D eigenvalue weighted by Crippen LogP contribution is -2.15. The lowest BCUT2D eigenvalue weighted by Gasteiger charge is -2.28. The van der Waals surface area contributed by atoms with Gasteiger partial charge in [-0.1, -0.05) is 29.8 Å². The van der Waals surface area contributed by atoms with E-state index in [9.17, 15) is 5.11 Å². The molecule has 0 saturated carbocycles. The van der Waals surface area contributed by atoms with E-state index in [0.29, 0.717) is 34.6 Å². The average molecular weight is 497 g/mol. The van der Waals surface area contributed by atoms with E-state index >= 15 is 0 Å². The number of nitrogens with zero attached hydrogens (tertiary/aromatic N) is 4. The molecule has 1 N–H and O–H groups in total. The second kappa shape index (κ2) is 9.02. The van der Waals surface area contributed by atoms with Crippen LogP contribution in [0.15, 0.2) is 67.0 Å². The van der Waals surface area contributed by atoms with Gasteiger partial charge >= 0.3 is 0 Å². The van der Waals surface area contributed by atoms with Gasteiger partial charge in [0.2, 0.25) is 5.88 Å². The highest BCUT2D eigenvalue weighted by Gasteiger charge is 2.34. The van der Waals surface area contributed by atoms with Gasteiger partial charge in [-0.15, -0.1) is 5.10 Å². The summed E-state index contributed by atoms with van der Waals surface area (Å²) in [5, 5.41) is 14.7. The molecule has 1 unspecified atom stereocenters. The van der Waals surface area contributed by atoms with Crippen molar-refractivity contribution < 1.29 is 24.1 Å². The van der Waals surface area contributed by atoms with Gasteiger partial charge in [-0.05, 0) is 42.8 Å². The van der Waals surface area contributed by atoms with Gasteiger partial charge in [-0.25, -0.2) is 14.5 Å². The summed E-state index contributed by atoms with van der Waals surface area (Å²) in [6.07, 6.45) is 1.57. The van der Waals surface area contributed by atoms with Crippen LogP contribution in [0.3, 0.4) is 0 Å². The Bertz CT molecular complexity index is 1610. The third-order valence-corrected chi connectivity index (χ3v) is 6.36. The zero-order valence-corrected chi connectivity index (χ0v) is 20.5. The first kappa shape index (κ1) is 22.7. The zero-order chi connectivity index (χ0) is 25.5. The molecule has 0 radical (unpaired) electrons. The molecule has 3 heterocycles. The highest BCUT2D eigenvalue weighted by atomic mass is 16.5. The summed E-state index contributed by atoms with van der Waals surface area (Å²) < 4.78 is 24.7. The molecule has 0 amide bonds. The largest absolute Gasteiger partial charge is 0.508 e. The van der Waals surface area contributed by atoms with E-state index in [0.717, 1.165) is 28.0 Å². The standard InChI is InChI=1S/C28H24N4O5/c1-16-4-8-19(9-5-16)36-14-24-30-27-26-25(17-6-11-21(34-2)23(12-17)35-3)20-10-7-18(33)13-22(20)37-28(26)29-15-32(27)31-24/h4-13,15,25,33H,14H2,1-3H3. The van der Waals surface area contributed by atoms with Crippen molar-refractivity contribution in [1.29, 1.82) is 0 Å². The molecule has 1 aliphatic rings. The van der Waals surface area contributed by atoms with Crippen molar-refractivity contribution in [2.45, 2.75) is 19.4 Å². The molecule has 6 rings (SSSR count). The smallest absolute Gasteiger partial charge is 0.228 e. The SMILES string of the molecule is COc1ccc(C2c3ccc(O)cc3Oc3ncn4nc(COc5ccc(C)cc5)nc4c32)cc1OC. The van der Waals surface area contributed by atoms with Crippen LogP contribution in [0.4, 0.5) is 0 Å². The molecule has 186 valence electrons. The fraction of sp³-hybridized carbons (Fsp3) is 0.179. The van der Waals surface area contributed by atoms with Gasteiger partial charge < -0.3 is 24.1 Å². The van der Waals surface area contributed by atoms with Crippen molar-refractivity contribution in [1.82, 2.24) is 19.6 Å². The van der Waals surface area contributed by atoms with Crippen molar-refractivity contribution >= 4 is 5.65 Å². The van der Waals surface area contributed by atoms with E-state index in [2.05, 4.69) is 10.1 Å². The Labute approximate surface area is 212 Å². The number of hydrogen-bond donors (Lipinski definition) is 1. The first-order valence-corrected chi connectivity index (χ1v) is 11.7. The van der Waals surface area contributed by atoms with Crippen LogP contribution >= 0.6 is 0 Å². The Kier molecular flexibility index (Phi) is 5.52. The van der Waals surface area contributed by atoms with Crippen LogP contribution < -0.4 is 18.9 Å². The topological polar surface area (TPSA) is 100 Å². The first-order chi connectivity index (χ1) is 18.0. The molecule has 0 saturated heterocycles. The lowest BCUT2D eigenvalue weighted by molar-refractivity contribution is 0.296. The molecule has 1 atom stereocenters. The number of aromatic hydroxyl groups is 1. The third-order valence-electron chi connectivity index (χ3n) is 6.36. The minimum atomic E-state index is -0.314. The van der Waals surface area contributed by atoms with Crippen molar-refractivity contribution in [2.24, 2.45) is 0 Å². The first-order valence-electron chi connectivity index (χ1n) is 11.7. The fourth-order valence-electron chi connectivity index (χ4n) is 4.57. The van der Waals surface area contributed by atoms with E-state index < -0.39 is 0 Å². The Morgan fingerprint density at radius 3 is 2.57 bits per heavy atom. The van der Waals surface area contributed by atoms with Crippen molar-refractivity contribution in [3.05, 3.63) is 95.1 Å². The second-order valence-electron chi connectivity index (χ2n) is 8.73. The highest BCUT2D eigenvalue weighted by Crippen LogP contribution is 2.49. The molecule has 3 aromatic carbocycles. The highest BCUT2D eigenvalue weighted by molar-refractivity contribution is 5.67. The van der Waals surface area contributed by atoms with Crippen molar-refractivity contribution in [3.63, 3.8) is 0 Å². The van der Waals surface area contributed by atoms with Crippen molar-refractivity contribution in [3.8, 4) is 34.6 Å². The molecule has 9 heteroatoms. The van der Waals surface area contributed by atoms with Gasteiger partial charge in [0, 0.05) is 17.5 Å². The number of benzene rings is 3. The van der Waals surface area contributed by atoms with Crippen LogP contribution in [-0.4, -0.2) is 38.9 Å². The van der Waals surface area contributed by atoms with E-state index in [1.54, 1.807) is 37.2 Å². The maximum atomic E-state index is 10.1. The summed E-state index contributed by atoms with van der Waals surface area (Å²) in [4.78, 5) is 9.33. The molecule has 2 aromatic heterocycles. The summed E-state index contributed by atoms with van der Waals surface area (Å²) in [6, 6.07) is 18.7. The van der Waals surface area contributed by atoms with Crippen molar-refractivity contribution in [2.75, 3.05) is 14.2 Å². The third kappa shape index (κ3) is 4.04. The number of phenolic OH excluding ortho intramolecular Hbond substituents is 1. The molecule has 1 aliphatic heterocycles. The second-order valence-corrected chi connectivity index (χ2v) is 8.73. The lowest BCUT2D eigenvalue weighted by atomic mass is 9.83. The number of fused-ring (bicyclic) bond motifs is 4. The van der Waals surface area contributed by atoms with Gasteiger partial charge in [0.15, 0.2) is 23.0 Å². The summed E-state index contributed by atoms with van der Waals surface area (Å²) >= 11 is 0. The van der Waals surface area contributed by atoms with Gasteiger partial charge in [0.1, 0.15) is 30.2 Å². The molecular formula is C28H24N4O5. The van der Waals surface area contributed by atoms with Crippen LogP contribution in [0.25, 0.3) is 5.65 Å². The predicted molar refractivity (Wildman–Crippen MR) is 135 cm³/mol. The van der Waals surface area contributed by atoms with Crippen LogP contribution in [-0.2, 0) is 6.61 Å². The van der Waals surface area contributed by atoms with Crippen LogP contribution in [0, 0.1) is 6.92 Å². The predicted octanol–water partition coefficient (Wildman–Crippen LogP) is 5.02. The van der Waals surface area contributed by atoms with E-state index in [1.807, 2.05) is 55.5 Å². The number of rotatable bonds is 6. The molecular weight excluding hydrogens is 472 g/mol. The molecule has 0 bridgehead atoms. The molecule has 0 spiro atoms. The Morgan fingerprint density at radius 2 is 1.78 bits per heavy atom. The summed E-state index contributed by atoms with van der Waals surface area (Å²) in [6.45, 7) is 2.23. The summed E-state index contributed by atoms with van der Waals surface area (Å²) in [5.41, 5.74) is 4.29. The quantitative estimate of drug-likeness (QED) is 0.343. The Morgan fingerprint density at radius 1 is 0.973 bits per heavy atom. The van der Waals surface area contributed by atoms with E-state index in [4.69, 9.17) is 23.9 Å². The Balaban J connectivity index is 1.47. The number of aryl methyl sites for hydroxylation is 1. The maximum Gasteiger partial charge on any atom is 0.228 e. The molecule has 5 aromatic rings. The number of ether oxygens (including phenoxy) is 4. The van der Waals surface area contributed by atoms with Gasteiger partial charge in [0.25, 0.3) is 0 Å². The minimum absolute atomic E-state index is 0.104. The average Bonchev–Trinajstić information content (AvgIpc) is 3.34. The molecule has 0 aliphatic carbocycles. The van der Waals surface area contributed by atoms with Gasteiger partial charge in [0.05, 0.1) is 19.8 Å². The van der Waals surface area contributed by atoms with Gasteiger partial charge in [-0.3, -0.25) is 0 Å². The van der Waals surface area contributed by atoms with E-state index in [-0.39, 0.29) is 18.3 Å². The number of aromatic nitrogens is 4. The maximum absolute atomic E-state index is 10.1. The van der Waals surface area contributed by atoms with Crippen LogP contribution in [0.5, 0.6) is 34.6 Å². The Hall–Kier alpha value is -4.79. The van der Waals surface area contributed by atoms with Crippen LogP contribution in [0.2, 0.25) is 0 Å². The zero-order valence-electron chi connectivity index (χ0n) is 20.5. The fourth-order valence-corrected chi connectivity index (χ4v) is 4.57. The minimum Gasteiger partial charge on any atom is -0.508 e. The molecule has 9 nitrogen and oxygen atoms in total. The van der Waals surface area contributed by atoms with Crippen LogP contribution in [0.1, 0.15) is 34.0 Å². The number of methoxy groups -OCH3 is 2. The normalized spacial score (nSPS) is 14.0. The molecule has 0 fully saturated rings. The van der Waals surface area contributed by atoms with Gasteiger partial charge in [-0.2, -0.15) is 0 Å². The van der Waals surface area contributed by atoms with E-state index in [1.165, 1.54) is 0 Å². The number of phenols is 1.